The molecule has 0 bridgehead atoms. The lowest BCUT2D eigenvalue weighted by molar-refractivity contribution is 0.134. The molecule has 5 nitrogen and oxygen atoms in total. The molecule has 114 valence electrons. The summed E-state index contributed by atoms with van der Waals surface area (Å²) in [7, 11) is 1.50. The van der Waals surface area contributed by atoms with Gasteiger partial charge in [0.05, 0.1) is 19.0 Å². The number of hydrogen-bond donors (Lipinski definition) is 1. The molecule has 3 rings (SSSR count). The van der Waals surface area contributed by atoms with Gasteiger partial charge in [0.2, 0.25) is 5.75 Å². The fourth-order valence-electron chi connectivity index (χ4n) is 2.40. The zero-order valence-electron chi connectivity index (χ0n) is 12.5. The first-order chi connectivity index (χ1) is 10.4. The molecule has 0 atom stereocenters. The third-order valence-corrected chi connectivity index (χ3v) is 3.35. The van der Waals surface area contributed by atoms with Crippen molar-refractivity contribution in [3.8, 4) is 5.75 Å². The summed E-state index contributed by atoms with van der Waals surface area (Å²) < 4.78 is 16.1. The second-order valence-electron chi connectivity index (χ2n) is 5.59. The van der Waals surface area contributed by atoms with Crippen molar-refractivity contribution in [3.63, 3.8) is 0 Å². The summed E-state index contributed by atoms with van der Waals surface area (Å²) in [4.78, 5) is 11.5. The average Bonchev–Trinajstić information content (AvgIpc) is 2.91. The van der Waals surface area contributed by atoms with E-state index in [1.807, 2.05) is 6.07 Å². The molecule has 0 unspecified atom stereocenters. The van der Waals surface area contributed by atoms with E-state index in [0.717, 1.165) is 10.9 Å². The van der Waals surface area contributed by atoms with Gasteiger partial charge in [-0.2, -0.15) is 0 Å². The Hall–Kier alpha value is -2.53. The van der Waals surface area contributed by atoms with E-state index in [1.165, 1.54) is 13.2 Å². The first-order valence-corrected chi connectivity index (χ1v) is 6.83. The van der Waals surface area contributed by atoms with Gasteiger partial charge >= 0.3 is 5.63 Å². The van der Waals surface area contributed by atoms with Crippen LogP contribution in [0.2, 0.25) is 0 Å². The Kier molecular flexibility index (Phi) is 3.30. The van der Waals surface area contributed by atoms with Crippen LogP contribution in [0.1, 0.15) is 19.4 Å². The molecule has 0 aliphatic heterocycles. The Balaban J connectivity index is 2.45. The van der Waals surface area contributed by atoms with E-state index < -0.39 is 11.2 Å². The largest absolute Gasteiger partial charge is 0.490 e. The van der Waals surface area contributed by atoms with Crippen LogP contribution in [0.4, 0.5) is 0 Å². The molecule has 2 heterocycles. The smallest absolute Gasteiger partial charge is 0.336 e. The van der Waals surface area contributed by atoms with Crippen molar-refractivity contribution >= 4 is 28.0 Å². The Morgan fingerprint density at radius 3 is 2.59 bits per heavy atom. The highest BCUT2D eigenvalue weighted by molar-refractivity contribution is 6.07. The Bertz CT molecular complexity index is 922. The third-order valence-electron chi connectivity index (χ3n) is 3.35. The third kappa shape index (κ3) is 2.40. The molecule has 0 saturated heterocycles. The maximum absolute atomic E-state index is 11.5. The Morgan fingerprint density at radius 1 is 1.18 bits per heavy atom. The van der Waals surface area contributed by atoms with Gasteiger partial charge in [0, 0.05) is 16.8 Å². The van der Waals surface area contributed by atoms with Gasteiger partial charge < -0.3 is 18.7 Å². The lowest BCUT2D eigenvalue weighted by atomic mass is 10.0. The minimum atomic E-state index is -0.960. The molecular weight excluding hydrogens is 284 g/mol. The van der Waals surface area contributed by atoms with Crippen LogP contribution in [0.3, 0.4) is 0 Å². The molecule has 0 saturated carbocycles. The van der Waals surface area contributed by atoms with Gasteiger partial charge in [-0.3, -0.25) is 0 Å². The minimum absolute atomic E-state index is 0.327. The highest BCUT2D eigenvalue weighted by Gasteiger charge is 2.18. The molecule has 2 aromatic heterocycles. The van der Waals surface area contributed by atoms with Gasteiger partial charge in [-0.05, 0) is 31.5 Å². The summed E-state index contributed by atoms with van der Waals surface area (Å²) in [5, 5.41) is 11.4. The van der Waals surface area contributed by atoms with Crippen LogP contribution < -0.4 is 10.4 Å². The lowest BCUT2D eigenvalue weighted by Gasteiger charge is -2.12. The number of benzene rings is 1. The highest BCUT2D eigenvalue weighted by Crippen LogP contribution is 2.38. The summed E-state index contributed by atoms with van der Waals surface area (Å²) in [6.45, 7) is 3.36. The predicted octanol–water partition coefficient (Wildman–Crippen LogP) is 3.33. The van der Waals surface area contributed by atoms with Crippen molar-refractivity contribution in [2.24, 2.45) is 0 Å². The topological polar surface area (TPSA) is 72.8 Å². The Labute approximate surface area is 126 Å². The molecule has 0 fully saturated rings. The van der Waals surface area contributed by atoms with Gasteiger partial charge in [-0.1, -0.05) is 12.2 Å². The number of hydrogen-bond acceptors (Lipinski definition) is 5. The molecule has 0 radical (unpaired) electrons. The number of rotatable bonds is 3. The SMILES string of the molecule is COc1c2occc2c(/C=C/C(C)(C)O)c2ccc(=O)oc12. The van der Waals surface area contributed by atoms with Crippen LogP contribution in [0.25, 0.3) is 28.0 Å². The Morgan fingerprint density at radius 2 is 1.91 bits per heavy atom. The summed E-state index contributed by atoms with van der Waals surface area (Å²) in [6, 6.07) is 4.85. The minimum Gasteiger partial charge on any atom is -0.490 e. The molecule has 3 aromatic rings. The summed E-state index contributed by atoms with van der Waals surface area (Å²) in [5.74, 6) is 0.383. The number of methoxy groups -OCH3 is 1. The van der Waals surface area contributed by atoms with Gasteiger partial charge in [0.25, 0.3) is 0 Å². The molecule has 1 N–H and O–H groups in total. The van der Waals surface area contributed by atoms with E-state index in [9.17, 15) is 9.90 Å². The van der Waals surface area contributed by atoms with Crippen molar-refractivity contribution in [1.82, 2.24) is 0 Å². The molecule has 0 amide bonds. The first kappa shape index (κ1) is 14.4. The zero-order chi connectivity index (χ0) is 15.9. The molecular formula is C17H16O5. The second kappa shape index (κ2) is 5.03. The van der Waals surface area contributed by atoms with Crippen molar-refractivity contribution < 1.29 is 18.7 Å². The summed E-state index contributed by atoms with van der Waals surface area (Å²) in [6.07, 6.45) is 5.01. The van der Waals surface area contributed by atoms with E-state index in [0.29, 0.717) is 22.3 Å². The summed E-state index contributed by atoms with van der Waals surface area (Å²) in [5.41, 5.74) is 0.199. The molecule has 0 aliphatic carbocycles. The monoisotopic (exact) mass is 300 g/mol. The predicted molar refractivity (Wildman–Crippen MR) is 84.1 cm³/mol. The van der Waals surface area contributed by atoms with Crippen molar-refractivity contribution in [2.75, 3.05) is 7.11 Å². The zero-order valence-corrected chi connectivity index (χ0v) is 12.5. The van der Waals surface area contributed by atoms with Crippen LogP contribution in [-0.2, 0) is 0 Å². The van der Waals surface area contributed by atoms with Crippen LogP contribution in [0, 0.1) is 0 Å². The molecule has 1 aromatic carbocycles. The van der Waals surface area contributed by atoms with Crippen molar-refractivity contribution in [2.45, 2.75) is 19.4 Å². The van der Waals surface area contributed by atoms with Crippen LogP contribution >= 0.6 is 0 Å². The quantitative estimate of drug-likeness (QED) is 0.751. The molecule has 5 heteroatoms. The van der Waals surface area contributed by atoms with Gasteiger partial charge in [0.1, 0.15) is 0 Å². The van der Waals surface area contributed by atoms with E-state index in [1.54, 1.807) is 38.3 Å². The van der Waals surface area contributed by atoms with Gasteiger partial charge in [-0.15, -0.1) is 0 Å². The fraction of sp³-hybridized carbons (Fsp3) is 0.235. The number of aliphatic hydroxyl groups is 1. The number of fused-ring (bicyclic) bond motifs is 2. The van der Waals surface area contributed by atoms with Crippen molar-refractivity contribution in [3.05, 3.63) is 46.5 Å². The first-order valence-electron chi connectivity index (χ1n) is 6.83. The van der Waals surface area contributed by atoms with E-state index in [-0.39, 0.29) is 0 Å². The maximum atomic E-state index is 11.5. The van der Waals surface area contributed by atoms with Crippen LogP contribution in [-0.4, -0.2) is 17.8 Å². The molecule has 0 aliphatic rings. The van der Waals surface area contributed by atoms with Crippen LogP contribution in [0.5, 0.6) is 5.75 Å². The number of furan rings is 1. The number of ether oxygens (including phenoxy) is 1. The van der Waals surface area contributed by atoms with E-state index >= 15 is 0 Å². The summed E-state index contributed by atoms with van der Waals surface area (Å²) >= 11 is 0. The molecule has 0 spiro atoms. The fourth-order valence-corrected chi connectivity index (χ4v) is 2.40. The maximum Gasteiger partial charge on any atom is 0.336 e. The average molecular weight is 300 g/mol. The second-order valence-corrected chi connectivity index (χ2v) is 5.59. The van der Waals surface area contributed by atoms with E-state index in [4.69, 9.17) is 13.6 Å². The van der Waals surface area contributed by atoms with Crippen LogP contribution in [0.15, 0.2) is 44.2 Å². The van der Waals surface area contributed by atoms with Gasteiger partial charge in [0.15, 0.2) is 11.2 Å². The van der Waals surface area contributed by atoms with Crippen molar-refractivity contribution in [1.29, 1.82) is 0 Å². The highest BCUT2D eigenvalue weighted by atomic mass is 16.5. The lowest BCUT2D eigenvalue weighted by Crippen LogP contribution is -2.13. The van der Waals surface area contributed by atoms with Gasteiger partial charge in [-0.25, -0.2) is 4.79 Å². The molecule has 22 heavy (non-hydrogen) atoms. The van der Waals surface area contributed by atoms with E-state index in [2.05, 4.69) is 0 Å². The normalized spacial score (nSPS) is 12.5. The standard InChI is InChI=1S/C17H16O5/c1-17(2,19)8-6-10-11-4-5-13(18)22-15(11)16(20-3)14-12(10)7-9-21-14/h4-9,19H,1-3H3/b8-6+.